The first kappa shape index (κ1) is 13.2. The van der Waals surface area contributed by atoms with Crippen LogP contribution in [0.3, 0.4) is 0 Å². The summed E-state index contributed by atoms with van der Waals surface area (Å²) in [6.07, 6.45) is 3.95. The summed E-state index contributed by atoms with van der Waals surface area (Å²) in [5, 5.41) is 0. The fraction of sp³-hybridized carbons (Fsp3) is 0.267. The molecule has 0 fully saturated rings. The van der Waals surface area contributed by atoms with Gasteiger partial charge in [-0.15, -0.1) is 11.8 Å². The molecule has 1 heterocycles. The van der Waals surface area contributed by atoms with Crippen LogP contribution in [0.1, 0.15) is 34.7 Å². The van der Waals surface area contributed by atoms with E-state index in [1.807, 2.05) is 0 Å². The van der Waals surface area contributed by atoms with Crippen molar-refractivity contribution in [3.05, 3.63) is 53.4 Å². The second-order valence-electron chi connectivity index (χ2n) is 4.67. The number of hydrogen-bond acceptors (Lipinski definition) is 4. The lowest BCUT2D eigenvalue weighted by Gasteiger charge is -2.13. The minimum Gasteiger partial charge on any atom is -0.294 e. The molecule has 20 heavy (non-hydrogen) atoms. The fourth-order valence-electron chi connectivity index (χ4n) is 2.18. The summed E-state index contributed by atoms with van der Waals surface area (Å²) < 4.78 is 12.8. The average Bonchev–Trinajstić information content (AvgIpc) is 2.47. The van der Waals surface area contributed by atoms with Gasteiger partial charge in [0.1, 0.15) is 11.6 Å². The molecule has 5 heteroatoms. The van der Waals surface area contributed by atoms with E-state index in [1.165, 1.54) is 12.1 Å². The Labute approximate surface area is 120 Å². The first-order valence-electron chi connectivity index (χ1n) is 6.49. The highest BCUT2D eigenvalue weighted by Gasteiger charge is 2.19. The second-order valence-corrected chi connectivity index (χ2v) is 5.71. The van der Waals surface area contributed by atoms with Gasteiger partial charge in [0.15, 0.2) is 5.78 Å². The standard InChI is InChI=1S/C15H13FN2OS/c16-10-4-6-11(7-5-10)20-9-15-17-8-12-13(18-15)2-1-3-14(12)19/h4-8H,1-3,9H2. The van der Waals surface area contributed by atoms with Gasteiger partial charge in [0.25, 0.3) is 0 Å². The summed E-state index contributed by atoms with van der Waals surface area (Å²) in [5.74, 6) is 1.24. The van der Waals surface area contributed by atoms with Crippen LogP contribution in [0.2, 0.25) is 0 Å². The molecule has 3 rings (SSSR count). The second kappa shape index (κ2) is 5.71. The molecule has 1 aliphatic carbocycles. The molecule has 1 aromatic carbocycles. The van der Waals surface area contributed by atoms with Crippen molar-refractivity contribution >= 4 is 17.5 Å². The Bertz CT molecular complexity index is 643. The zero-order valence-electron chi connectivity index (χ0n) is 10.8. The third kappa shape index (κ3) is 2.88. The summed E-state index contributed by atoms with van der Waals surface area (Å²) in [4.78, 5) is 21.4. The number of ketones is 1. The van der Waals surface area contributed by atoms with E-state index in [0.717, 1.165) is 23.4 Å². The number of thioether (sulfide) groups is 1. The van der Waals surface area contributed by atoms with Gasteiger partial charge in [0, 0.05) is 17.5 Å². The number of carbonyl (C=O) groups excluding carboxylic acids is 1. The summed E-state index contributed by atoms with van der Waals surface area (Å²) in [6, 6.07) is 6.35. The molecule has 102 valence electrons. The molecule has 0 aliphatic heterocycles. The smallest absolute Gasteiger partial charge is 0.166 e. The molecule has 0 bridgehead atoms. The van der Waals surface area contributed by atoms with Gasteiger partial charge in [0.05, 0.1) is 17.0 Å². The van der Waals surface area contributed by atoms with Gasteiger partial charge in [-0.25, -0.2) is 14.4 Å². The zero-order valence-corrected chi connectivity index (χ0v) is 11.6. The maximum absolute atomic E-state index is 12.8. The fourth-order valence-corrected chi connectivity index (χ4v) is 2.94. The molecule has 1 aliphatic rings. The molecular weight excluding hydrogens is 275 g/mol. The molecular formula is C15H13FN2OS. The highest BCUT2D eigenvalue weighted by Crippen LogP contribution is 2.23. The summed E-state index contributed by atoms with van der Waals surface area (Å²) >= 11 is 1.56. The zero-order chi connectivity index (χ0) is 13.9. The van der Waals surface area contributed by atoms with Gasteiger partial charge in [-0.3, -0.25) is 4.79 Å². The Balaban J connectivity index is 1.72. The maximum Gasteiger partial charge on any atom is 0.166 e. The van der Waals surface area contributed by atoms with Crippen LogP contribution in [-0.2, 0) is 12.2 Å². The quantitative estimate of drug-likeness (QED) is 0.812. The number of aromatic nitrogens is 2. The monoisotopic (exact) mass is 288 g/mol. The van der Waals surface area contributed by atoms with Crippen molar-refractivity contribution in [1.29, 1.82) is 0 Å². The number of halogens is 1. The number of Topliss-reactive ketones (excluding diaryl/α,β-unsaturated/α-hetero) is 1. The predicted octanol–water partition coefficient (Wildman–Crippen LogP) is 3.43. The third-order valence-electron chi connectivity index (χ3n) is 3.22. The largest absolute Gasteiger partial charge is 0.294 e. The molecule has 0 saturated carbocycles. The minimum atomic E-state index is -0.238. The van der Waals surface area contributed by atoms with Gasteiger partial charge in [-0.1, -0.05) is 0 Å². The Morgan fingerprint density at radius 3 is 2.80 bits per heavy atom. The SMILES string of the molecule is O=C1CCCc2nc(CSc3ccc(F)cc3)ncc21. The van der Waals surface area contributed by atoms with Crippen molar-refractivity contribution in [2.45, 2.75) is 29.9 Å². The topological polar surface area (TPSA) is 42.9 Å². The van der Waals surface area contributed by atoms with Crippen molar-refractivity contribution < 1.29 is 9.18 Å². The lowest BCUT2D eigenvalue weighted by Crippen LogP contribution is -2.14. The average molecular weight is 288 g/mol. The first-order chi connectivity index (χ1) is 9.72. The van der Waals surface area contributed by atoms with Gasteiger partial charge in [-0.05, 0) is 37.1 Å². The van der Waals surface area contributed by atoms with E-state index in [9.17, 15) is 9.18 Å². The molecule has 0 spiro atoms. The van der Waals surface area contributed by atoms with E-state index in [4.69, 9.17) is 0 Å². The van der Waals surface area contributed by atoms with Crippen molar-refractivity contribution in [3.63, 3.8) is 0 Å². The number of hydrogen-bond donors (Lipinski definition) is 0. The molecule has 0 radical (unpaired) electrons. The summed E-state index contributed by atoms with van der Waals surface area (Å²) in [7, 11) is 0. The van der Waals surface area contributed by atoms with Gasteiger partial charge >= 0.3 is 0 Å². The van der Waals surface area contributed by atoms with Crippen molar-refractivity contribution in [3.8, 4) is 0 Å². The van der Waals surface area contributed by atoms with E-state index in [-0.39, 0.29) is 11.6 Å². The molecule has 0 amide bonds. The molecule has 2 aromatic rings. The van der Waals surface area contributed by atoms with E-state index >= 15 is 0 Å². The van der Waals surface area contributed by atoms with Gasteiger partial charge < -0.3 is 0 Å². The number of rotatable bonds is 3. The van der Waals surface area contributed by atoms with E-state index in [2.05, 4.69) is 9.97 Å². The Hall–Kier alpha value is -1.75. The van der Waals surface area contributed by atoms with Crippen LogP contribution in [0, 0.1) is 5.82 Å². The maximum atomic E-state index is 12.8. The molecule has 0 saturated heterocycles. The normalized spacial score (nSPS) is 14.2. The minimum absolute atomic E-state index is 0.143. The van der Waals surface area contributed by atoms with E-state index in [0.29, 0.717) is 23.6 Å². The van der Waals surface area contributed by atoms with Crippen LogP contribution in [0.5, 0.6) is 0 Å². The Morgan fingerprint density at radius 1 is 1.20 bits per heavy atom. The summed E-state index contributed by atoms with van der Waals surface area (Å²) in [6.45, 7) is 0. The van der Waals surface area contributed by atoms with E-state index < -0.39 is 0 Å². The molecule has 0 N–H and O–H groups in total. The third-order valence-corrected chi connectivity index (χ3v) is 4.23. The lowest BCUT2D eigenvalue weighted by molar-refractivity contribution is 0.0971. The number of nitrogens with zero attached hydrogens (tertiary/aromatic N) is 2. The van der Waals surface area contributed by atoms with Crippen molar-refractivity contribution in [2.24, 2.45) is 0 Å². The van der Waals surface area contributed by atoms with Crippen LogP contribution in [0.4, 0.5) is 4.39 Å². The van der Waals surface area contributed by atoms with Crippen molar-refractivity contribution in [2.75, 3.05) is 0 Å². The lowest BCUT2D eigenvalue weighted by atomic mass is 9.96. The van der Waals surface area contributed by atoms with Gasteiger partial charge in [-0.2, -0.15) is 0 Å². The highest BCUT2D eigenvalue weighted by atomic mass is 32.2. The number of aryl methyl sites for hydroxylation is 1. The first-order valence-corrected chi connectivity index (χ1v) is 7.47. The number of carbonyl (C=O) groups is 1. The molecule has 0 atom stereocenters. The Kier molecular flexibility index (Phi) is 3.78. The van der Waals surface area contributed by atoms with Gasteiger partial charge in [0.2, 0.25) is 0 Å². The molecule has 0 unspecified atom stereocenters. The van der Waals surface area contributed by atoms with Crippen LogP contribution in [-0.4, -0.2) is 15.8 Å². The van der Waals surface area contributed by atoms with Crippen LogP contribution in [0.15, 0.2) is 35.4 Å². The van der Waals surface area contributed by atoms with E-state index in [1.54, 1.807) is 30.1 Å². The highest BCUT2D eigenvalue weighted by molar-refractivity contribution is 7.98. The van der Waals surface area contributed by atoms with Crippen LogP contribution >= 0.6 is 11.8 Å². The van der Waals surface area contributed by atoms with Crippen LogP contribution < -0.4 is 0 Å². The van der Waals surface area contributed by atoms with Crippen molar-refractivity contribution in [1.82, 2.24) is 9.97 Å². The molecule has 1 aromatic heterocycles. The summed E-state index contributed by atoms with van der Waals surface area (Å²) in [5.41, 5.74) is 1.54. The number of fused-ring (bicyclic) bond motifs is 1. The van der Waals surface area contributed by atoms with Crippen LogP contribution in [0.25, 0.3) is 0 Å². The predicted molar refractivity (Wildman–Crippen MR) is 75.3 cm³/mol. The number of benzene rings is 1. The Morgan fingerprint density at radius 2 is 2.00 bits per heavy atom. The molecule has 3 nitrogen and oxygen atoms in total.